The zero-order valence-electron chi connectivity index (χ0n) is 20.2. The molecule has 1 aliphatic heterocycles. The fourth-order valence-corrected chi connectivity index (χ4v) is 6.24. The molecule has 0 radical (unpaired) electrons. The van der Waals surface area contributed by atoms with Crippen molar-refractivity contribution in [2.75, 3.05) is 26.2 Å². The number of aromatic nitrogens is 1. The van der Waals surface area contributed by atoms with Gasteiger partial charge in [0.1, 0.15) is 17.9 Å². The SMILES string of the molecule is Cc1c(C2CCN(CCOc3ccccc3C(=O)O)CC2)c2ccccc2n1C1CCCCC1. The molecule has 2 heterocycles. The zero-order chi connectivity index (χ0) is 23.5. The number of carboxylic acids is 1. The predicted molar refractivity (Wildman–Crippen MR) is 136 cm³/mol. The van der Waals surface area contributed by atoms with Crippen LogP contribution in [0.3, 0.4) is 0 Å². The Morgan fingerprint density at radius 3 is 2.44 bits per heavy atom. The summed E-state index contributed by atoms with van der Waals surface area (Å²) >= 11 is 0. The van der Waals surface area contributed by atoms with Crippen LogP contribution < -0.4 is 4.74 Å². The molecule has 1 aromatic heterocycles. The summed E-state index contributed by atoms with van der Waals surface area (Å²) in [6.45, 7) is 5.79. The number of ether oxygens (including phenoxy) is 1. The van der Waals surface area contributed by atoms with Gasteiger partial charge in [-0.05, 0) is 75.4 Å². The molecule has 0 unspecified atom stereocenters. The van der Waals surface area contributed by atoms with Crippen molar-refractivity contribution in [3.8, 4) is 5.75 Å². The molecule has 2 aromatic carbocycles. The molecule has 1 saturated carbocycles. The Morgan fingerprint density at radius 1 is 0.971 bits per heavy atom. The van der Waals surface area contributed by atoms with Gasteiger partial charge >= 0.3 is 5.97 Å². The van der Waals surface area contributed by atoms with Gasteiger partial charge < -0.3 is 14.4 Å². The lowest BCUT2D eigenvalue weighted by atomic mass is 9.87. The molecule has 2 aliphatic rings. The van der Waals surface area contributed by atoms with E-state index in [0.29, 0.717) is 24.3 Å². The van der Waals surface area contributed by atoms with Gasteiger partial charge in [-0.25, -0.2) is 4.79 Å². The highest BCUT2D eigenvalue weighted by atomic mass is 16.5. The van der Waals surface area contributed by atoms with Gasteiger partial charge in [0.05, 0.1) is 0 Å². The number of carbonyl (C=O) groups is 1. The molecule has 5 nitrogen and oxygen atoms in total. The molecule has 3 aromatic rings. The van der Waals surface area contributed by atoms with E-state index in [-0.39, 0.29) is 5.56 Å². The summed E-state index contributed by atoms with van der Waals surface area (Å²) < 4.78 is 8.50. The molecule has 1 saturated heterocycles. The maximum atomic E-state index is 11.4. The molecule has 34 heavy (non-hydrogen) atoms. The van der Waals surface area contributed by atoms with Crippen molar-refractivity contribution in [1.82, 2.24) is 9.47 Å². The van der Waals surface area contributed by atoms with Crippen LogP contribution in [-0.2, 0) is 0 Å². The molecule has 1 N–H and O–H groups in total. The van der Waals surface area contributed by atoms with E-state index < -0.39 is 5.97 Å². The summed E-state index contributed by atoms with van der Waals surface area (Å²) in [7, 11) is 0. The second kappa shape index (κ2) is 10.2. The van der Waals surface area contributed by atoms with Crippen LogP contribution >= 0.6 is 0 Å². The number of likely N-dealkylation sites (tertiary alicyclic amines) is 1. The van der Waals surface area contributed by atoms with Gasteiger partial charge in [-0.1, -0.05) is 49.6 Å². The highest BCUT2D eigenvalue weighted by molar-refractivity contribution is 5.90. The molecular weight excluding hydrogens is 424 g/mol. The average molecular weight is 461 g/mol. The van der Waals surface area contributed by atoms with Gasteiger partial charge in [0.15, 0.2) is 0 Å². The van der Waals surface area contributed by atoms with E-state index in [4.69, 9.17) is 4.74 Å². The molecule has 0 bridgehead atoms. The topological polar surface area (TPSA) is 54.7 Å². The van der Waals surface area contributed by atoms with Gasteiger partial charge in [0.2, 0.25) is 0 Å². The lowest BCUT2D eigenvalue weighted by Crippen LogP contribution is -2.36. The van der Waals surface area contributed by atoms with Crippen molar-refractivity contribution in [2.24, 2.45) is 0 Å². The van der Waals surface area contributed by atoms with E-state index in [1.54, 1.807) is 23.8 Å². The Morgan fingerprint density at radius 2 is 1.68 bits per heavy atom. The van der Waals surface area contributed by atoms with Crippen LogP contribution in [0.5, 0.6) is 5.75 Å². The first-order valence-electron chi connectivity index (χ1n) is 12.9. The Balaban J connectivity index is 1.24. The van der Waals surface area contributed by atoms with E-state index in [1.807, 2.05) is 6.07 Å². The number of hydrogen-bond acceptors (Lipinski definition) is 3. The highest BCUT2D eigenvalue weighted by Gasteiger charge is 2.28. The fourth-order valence-electron chi connectivity index (χ4n) is 6.24. The minimum atomic E-state index is -0.945. The summed E-state index contributed by atoms with van der Waals surface area (Å²) in [5, 5.41) is 10.8. The monoisotopic (exact) mass is 460 g/mol. The maximum Gasteiger partial charge on any atom is 0.339 e. The Labute approximate surface area is 202 Å². The van der Waals surface area contributed by atoms with Gasteiger partial charge in [-0.2, -0.15) is 0 Å². The van der Waals surface area contributed by atoms with Crippen LogP contribution in [0.2, 0.25) is 0 Å². The van der Waals surface area contributed by atoms with Crippen LogP contribution in [0.15, 0.2) is 48.5 Å². The molecule has 1 aliphatic carbocycles. The van der Waals surface area contributed by atoms with Crippen molar-refractivity contribution in [3.63, 3.8) is 0 Å². The highest BCUT2D eigenvalue weighted by Crippen LogP contribution is 2.41. The zero-order valence-corrected chi connectivity index (χ0v) is 20.2. The summed E-state index contributed by atoms with van der Waals surface area (Å²) in [6, 6.07) is 16.6. The molecule has 180 valence electrons. The third-order valence-corrected chi connectivity index (χ3v) is 7.92. The first-order valence-corrected chi connectivity index (χ1v) is 12.9. The number of nitrogens with zero attached hydrogens (tertiary/aromatic N) is 2. The van der Waals surface area contributed by atoms with Crippen LogP contribution in [0.4, 0.5) is 0 Å². The van der Waals surface area contributed by atoms with Gasteiger partial charge in [0, 0.05) is 29.2 Å². The van der Waals surface area contributed by atoms with E-state index in [2.05, 4.69) is 40.7 Å². The van der Waals surface area contributed by atoms with Crippen LogP contribution in [-0.4, -0.2) is 46.8 Å². The third kappa shape index (κ3) is 4.58. The molecule has 0 amide bonds. The second-order valence-corrected chi connectivity index (χ2v) is 9.94. The number of carboxylic acid groups (broad SMARTS) is 1. The summed E-state index contributed by atoms with van der Waals surface area (Å²) in [4.78, 5) is 13.8. The summed E-state index contributed by atoms with van der Waals surface area (Å²) in [6.07, 6.45) is 9.01. The van der Waals surface area contributed by atoms with Crippen molar-refractivity contribution in [3.05, 3.63) is 65.4 Å². The first kappa shape index (κ1) is 23.0. The normalized spacial score (nSPS) is 18.4. The standard InChI is InChI=1S/C29H36N2O3/c1-21-28(24-11-5-7-13-26(24)31(21)23-9-3-2-4-10-23)22-15-17-30(18-16-22)19-20-34-27-14-8-6-12-25(27)29(32)33/h5-8,11-14,22-23H,2-4,9-10,15-20H2,1H3,(H,32,33). The number of hydrogen-bond donors (Lipinski definition) is 1. The molecule has 5 heteroatoms. The van der Waals surface area contributed by atoms with Gasteiger partial charge in [0.25, 0.3) is 0 Å². The van der Waals surface area contributed by atoms with Crippen molar-refractivity contribution < 1.29 is 14.6 Å². The third-order valence-electron chi connectivity index (χ3n) is 7.92. The smallest absolute Gasteiger partial charge is 0.339 e. The van der Waals surface area contributed by atoms with E-state index in [0.717, 1.165) is 32.5 Å². The number of benzene rings is 2. The van der Waals surface area contributed by atoms with E-state index in [1.165, 1.54) is 48.7 Å². The number of aromatic carboxylic acids is 1. The fraction of sp³-hybridized carbons (Fsp3) is 0.483. The maximum absolute atomic E-state index is 11.4. The minimum absolute atomic E-state index is 0.228. The summed E-state index contributed by atoms with van der Waals surface area (Å²) in [5.74, 6) is 0.106. The second-order valence-electron chi connectivity index (χ2n) is 9.94. The molecule has 5 rings (SSSR count). The Kier molecular flexibility index (Phi) is 6.91. The molecule has 0 atom stereocenters. The average Bonchev–Trinajstić information content (AvgIpc) is 3.17. The van der Waals surface area contributed by atoms with Gasteiger partial charge in [-0.3, -0.25) is 4.90 Å². The summed E-state index contributed by atoms with van der Waals surface area (Å²) in [5.41, 5.74) is 4.72. The van der Waals surface area contributed by atoms with Crippen LogP contribution in [0.25, 0.3) is 10.9 Å². The first-order chi connectivity index (χ1) is 16.6. The van der Waals surface area contributed by atoms with Crippen molar-refractivity contribution in [2.45, 2.75) is 63.8 Å². The van der Waals surface area contributed by atoms with Crippen LogP contribution in [0, 0.1) is 6.92 Å². The number of fused-ring (bicyclic) bond motifs is 1. The Bertz CT molecular complexity index is 1140. The molecular formula is C29H36N2O3. The largest absolute Gasteiger partial charge is 0.491 e. The lowest BCUT2D eigenvalue weighted by molar-refractivity contribution is 0.0691. The predicted octanol–water partition coefficient (Wildman–Crippen LogP) is 6.41. The molecule has 0 spiro atoms. The van der Waals surface area contributed by atoms with Crippen molar-refractivity contribution >= 4 is 16.9 Å². The minimum Gasteiger partial charge on any atom is -0.491 e. The number of rotatable bonds is 7. The van der Waals surface area contributed by atoms with E-state index in [9.17, 15) is 9.90 Å². The van der Waals surface area contributed by atoms with Crippen molar-refractivity contribution in [1.29, 1.82) is 0 Å². The van der Waals surface area contributed by atoms with Crippen LogP contribution in [0.1, 0.15) is 78.5 Å². The number of para-hydroxylation sites is 2. The van der Waals surface area contributed by atoms with Gasteiger partial charge in [-0.15, -0.1) is 0 Å². The molecule has 2 fully saturated rings. The quantitative estimate of drug-likeness (QED) is 0.442. The number of piperidine rings is 1. The van der Waals surface area contributed by atoms with E-state index >= 15 is 0 Å². The lowest BCUT2D eigenvalue weighted by Gasteiger charge is -2.32. The Hall–Kier alpha value is -2.79.